The Morgan fingerprint density at radius 3 is 2.03 bits per heavy atom. The van der Waals surface area contributed by atoms with E-state index in [0.29, 0.717) is 15.5 Å². The summed E-state index contributed by atoms with van der Waals surface area (Å²) in [4.78, 5) is 30.1. The molecule has 2 aliphatic rings. The van der Waals surface area contributed by atoms with Gasteiger partial charge in [-0.15, -0.1) is 0 Å². The molecule has 0 aliphatic carbocycles. The number of carbonyl (C=O) groups is 2. The summed E-state index contributed by atoms with van der Waals surface area (Å²) in [6, 6.07) is 36.5. The molecule has 1 amide bonds. The monoisotopic (exact) mass is 533 g/mol. The van der Waals surface area contributed by atoms with Gasteiger partial charge in [-0.05, 0) is 54.6 Å². The van der Waals surface area contributed by atoms with Crippen molar-refractivity contribution >= 4 is 57.7 Å². The SMILES string of the molecule is Cc1ccc(N2N=C(C(=O)c3ccccc3)S[C@]23S/C(=C/c2ccccc2)C(=O)N3c2ccccc2)cc1. The third-order valence-electron chi connectivity index (χ3n) is 6.25. The van der Waals surface area contributed by atoms with Crippen molar-refractivity contribution in [3.8, 4) is 0 Å². The number of Topliss-reactive ketones (excluding diaryl/α,β-unsaturated/α-hetero) is 1. The normalized spacial score (nSPS) is 19.9. The van der Waals surface area contributed by atoms with Crippen molar-refractivity contribution in [3.05, 3.63) is 137 Å². The standard InChI is InChI=1S/C31H23N3O2S2/c1-22-17-19-26(20-18-22)34-31(38-29(32-34)28(35)24-13-7-3-8-14-24)33(25-15-9-4-10-16-25)30(36)27(37-31)21-23-11-5-2-6-12-23/h2-21H,1H3/b27-21+/t31-/m0/s1. The van der Waals surface area contributed by atoms with Crippen molar-refractivity contribution < 1.29 is 9.59 Å². The van der Waals surface area contributed by atoms with Crippen molar-refractivity contribution in [2.75, 3.05) is 9.91 Å². The van der Waals surface area contributed by atoms with Crippen LogP contribution in [-0.2, 0) is 4.79 Å². The number of thioether (sulfide) groups is 2. The van der Waals surface area contributed by atoms with E-state index < -0.39 is 4.33 Å². The lowest BCUT2D eigenvalue weighted by Gasteiger charge is -2.38. The molecular weight excluding hydrogens is 510 g/mol. The summed E-state index contributed by atoms with van der Waals surface area (Å²) in [5, 5.41) is 7.02. The smallest absolute Gasteiger partial charge is 0.268 e. The van der Waals surface area contributed by atoms with Crippen LogP contribution in [0.3, 0.4) is 0 Å². The highest BCUT2D eigenvalue weighted by Gasteiger charge is 2.60. The number of benzene rings is 4. The second-order valence-electron chi connectivity index (χ2n) is 8.90. The van der Waals surface area contributed by atoms with Gasteiger partial charge in [-0.25, -0.2) is 5.01 Å². The molecule has 38 heavy (non-hydrogen) atoms. The van der Waals surface area contributed by atoms with E-state index in [1.165, 1.54) is 23.5 Å². The average Bonchev–Trinajstić information content (AvgIpc) is 3.46. The van der Waals surface area contributed by atoms with Crippen LogP contribution in [0.1, 0.15) is 21.5 Å². The molecule has 2 heterocycles. The first kappa shape index (κ1) is 24.3. The number of para-hydroxylation sites is 1. The maximum Gasteiger partial charge on any atom is 0.268 e. The van der Waals surface area contributed by atoms with Gasteiger partial charge in [0.25, 0.3) is 5.91 Å². The van der Waals surface area contributed by atoms with E-state index in [1.807, 2.05) is 121 Å². The zero-order valence-electron chi connectivity index (χ0n) is 20.5. The fraction of sp³-hybridized carbons (Fsp3) is 0.0645. The molecule has 7 heteroatoms. The van der Waals surface area contributed by atoms with E-state index in [9.17, 15) is 9.59 Å². The largest absolute Gasteiger partial charge is 0.286 e. The summed E-state index contributed by atoms with van der Waals surface area (Å²) in [5.74, 6) is -0.315. The second kappa shape index (κ2) is 10.0. The Hall–Kier alpha value is -4.07. The van der Waals surface area contributed by atoms with Crippen LogP contribution in [0.2, 0.25) is 0 Å². The number of amides is 1. The van der Waals surface area contributed by atoms with E-state index in [4.69, 9.17) is 5.10 Å². The Morgan fingerprint density at radius 1 is 0.763 bits per heavy atom. The lowest BCUT2D eigenvalue weighted by molar-refractivity contribution is -0.114. The van der Waals surface area contributed by atoms with E-state index >= 15 is 0 Å². The molecule has 0 bridgehead atoms. The molecule has 0 aromatic heterocycles. The number of ketones is 1. The first-order valence-corrected chi connectivity index (χ1v) is 13.8. The van der Waals surface area contributed by atoms with Crippen LogP contribution < -0.4 is 9.91 Å². The fourth-order valence-electron chi connectivity index (χ4n) is 4.38. The Kier molecular flexibility index (Phi) is 6.39. The molecular formula is C31H23N3O2S2. The average molecular weight is 534 g/mol. The minimum Gasteiger partial charge on any atom is -0.286 e. The van der Waals surface area contributed by atoms with Crippen LogP contribution >= 0.6 is 23.5 Å². The van der Waals surface area contributed by atoms with Crippen molar-refractivity contribution in [2.45, 2.75) is 11.3 Å². The van der Waals surface area contributed by atoms with Crippen molar-refractivity contribution in [1.29, 1.82) is 0 Å². The predicted octanol–water partition coefficient (Wildman–Crippen LogP) is 7.18. The lowest BCUT2D eigenvalue weighted by atomic mass is 10.1. The van der Waals surface area contributed by atoms with Gasteiger partial charge in [0.1, 0.15) is 0 Å². The number of hydrogen-bond donors (Lipinski definition) is 0. The molecule has 1 atom stereocenters. The van der Waals surface area contributed by atoms with Gasteiger partial charge in [0.2, 0.25) is 10.1 Å². The number of hydrogen-bond acceptors (Lipinski definition) is 6. The van der Waals surface area contributed by atoms with Crippen LogP contribution in [0.4, 0.5) is 11.4 Å². The summed E-state index contributed by atoms with van der Waals surface area (Å²) >= 11 is 2.71. The quantitative estimate of drug-likeness (QED) is 0.201. The topological polar surface area (TPSA) is 53.0 Å². The first-order valence-electron chi connectivity index (χ1n) is 12.1. The lowest BCUT2D eigenvalue weighted by Crippen LogP contribution is -2.51. The maximum absolute atomic E-state index is 14.1. The van der Waals surface area contributed by atoms with Gasteiger partial charge in [0.15, 0.2) is 5.04 Å². The molecule has 1 fully saturated rings. The molecule has 1 spiro atoms. The van der Waals surface area contributed by atoms with Gasteiger partial charge < -0.3 is 0 Å². The van der Waals surface area contributed by atoms with Crippen molar-refractivity contribution in [1.82, 2.24) is 0 Å². The summed E-state index contributed by atoms with van der Waals surface area (Å²) in [7, 11) is 0. The third-order valence-corrected chi connectivity index (χ3v) is 8.96. The zero-order chi connectivity index (χ0) is 26.1. The molecule has 4 aromatic rings. The summed E-state index contributed by atoms with van der Waals surface area (Å²) < 4.78 is -1.06. The fourth-order valence-corrected chi connectivity index (χ4v) is 7.32. The van der Waals surface area contributed by atoms with E-state index in [2.05, 4.69) is 0 Å². The Bertz CT molecular complexity index is 1560. The highest BCUT2D eigenvalue weighted by molar-refractivity contribution is 8.29. The third kappa shape index (κ3) is 4.34. The summed E-state index contributed by atoms with van der Waals surface area (Å²) in [5.41, 5.74) is 4.12. The van der Waals surface area contributed by atoms with Crippen molar-refractivity contribution in [2.24, 2.45) is 5.10 Å². The number of hydrazone groups is 1. The number of aryl methyl sites for hydroxylation is 1. The van der Waals surface area contributed by atoms with Crippen LogP contribution in [0.25, 0.3) is 6.08 Å². The molecule has 1 saturated heterocycles. The molecule has 0 saturated carbocycles. The van der Waals surface area contributed by atoms with Crippen LogP contribution in [-0.4, -0.2) is 21.1 Å². The van der Waals surface area contributed by atoms with Gasteiger partial charge in [0, 0.05) is 11.3 Å². The number of carbonyl (C=O) groups excluding carboxylic acids is 2. The first-order chi connectivity index (χ1) is 18.5. The summed E-state index contributed by atoms with van der Waals surface area (Å²) in [6.45, 7) is 2.02. The molecule has 0 radical (unpaired) electrons. The molecule has 5 nitrogen and oxygen atoms in total. The Labute approximate surface area is 229 Å². The second-order valence-corrected chi connectivity index (χ2v) is 11.5. The number of rotatable bonds is 5. The van der Waals surface area contributed by atoms with Gasteiger partial charge in [-0.2, -0.15) is 5.10 Å². The molecule has 4 aromatic carbocycles. The molecule has 0 N–H and O–H groups in total. The molecule has 2 aliphatic heterocycles. The minimum absolute atomic E-state index is 0.140. The number of anilines is 2. The van der Waals surface area contributed by atoms with E-state index in [0.717, 1.165) is 22.5 Å². The Morgan fingerprint density at radius 2 is 1.37 bits per heavy atom. The van der Waals surface area contributed by atoms with E-state index in [-0.39, 0.29) is 11.7 Å². The van der Waals surface area contributed by atoms with Crippen LogP contribution in [0.5, 0.6) is 0 Å². The number of nitrogens with zero attached hydrogens (tertiary/aromatic N) is 3. The predicted molar refractivity (Wildman–Crippen MR) is 158 cm³/mol. The van der Waals surface area contributed by atoms with Crippen LogP contribution in [0.15, 0.2) is 125 Å². The van der Waals surface area contributed by atoms with Gasteiger partial charge in [0.05, 0.1) is 10.6 Å². The molecule has 186 valence electrons. The van der Waals surface area contributed by atoms with E-state index in [1.54, 1.807) is 17.0 Å². The highest BCUT2D eigenvalue weighted by Crippen LogP contribution is 2.59. The van der Waals surface area contributed by atoms with Gasteiger partial charge >= 0.3 is 0 Å². The van der Waals surface area contributed by atoms with Crippen LogP contribution in [0, 0.1) is 6.92 Å². The maximum atomic E-state index is 14.1. The molecule has 6 rings (SSSR count). The summed E-state index contributed by atoms with van der Waals surface area (Å²) in [6.07, 6.45) is 1.91. The minimum atomic E-state index is -1.06. The van der Waals surface area contributed by atoms with Crippen molar-refractivity contribution in [3.63, 3.8) is 0 Å². The van der Waals surface area contributed by atoms with Gasteiger partial charge in [-0.1, -0.05) is 108 Å². The van der Waals surface area contributed by atoms with Gasteiger partial charge in [-0.3, -0.25) is 14.5 Å². The zero-order valence-corrected chi connectivity index (χ0v) is 22.2. The Balaban J connectivity index is 1.52. The molecule has 0 unspecified atom stereocenters. The highest BCUT2D eigenvalue weighted by atomic mass is 32.2.